The van der Waals surface area contributed by atoms with Crippen molar-refractivity contribution in [3.05, 3.63) is 101 Å². The van der Waals surface area contributed by atoms with Crippen molar-refractivity contribution in [2.45, 2.75) is 31.5 Å². The summed E-state index contributed by atoms with van der Waals surface area (Å²) in [4.78, 5) is 60.4. The second kappa shape index (κ2) is 10.4. The van der Waals surface area contributed by atoms with Crippen molar-refractivity contribution in [1.29, 1.82) is 0 Å². The first-order chi connectivity index (χ1) is 19.0. The van der Waals surface area contributed by atoms with E-state index < -0.39 is 11.9 Å². The van der Waals surface area contributed by atoms with E-state index in [9.17, 15) is 19.2 Å². The lowest BCUT2D eigenvalue weighted by molar-refractivity contribution is -0.136. The predicted molar refractivity (Wildman–Crippen MR) is 142 cm³/mol. The largest absolute Gasteiger partial charge is 0.336 e. The minimum absolute atomic E-state index is 0.0569. The van der Waals surface area contributed by atoms with Crippen molar-refractivity contribution >= 4 is 23.6 Å². The summed E-state index contributed by atoms with van der Waals surface area (Å²) in [6.45, 7) is 2.85. The van der Waals surface area contributed by atoms with Gasteiger partial charge in [-0.2, -0.15) is 0 Å². The van der Waals surface area contributed by atoms with E-state index in [0.717, 1.165) is 11.1 Å². The Morgan fingerprint density at radius 1 is 0.923 bits per heavy atom. The van der Waals surface area contributed by atoms with Gasteiger partial charge < -0.3 is 9.80 Å². The zero-order valence-electron chi connectivity index (χ0n) is 21.5. The maximum Gasteiger partial charge on any atom is 0.255 e. The maximum atomic E-state index is 13.5. The Kier molecular flexibility index (Phi) is 6.66. The number of imide groups is 1. The van der Waals surface area contributed by atoms with Crippen LogP contribution in [0, 0.1) is 0 Å². The molecule has 1 N–H and O–H groups in total. The number of pyridine rings is 1. The Morgan fingerprint density at radius 2 is 1.69 bits per heavy atom. The molecule has 9 nitrogen and oxygen atoms in total. The van der Waals surface area contributed by atoms with Crippen LogP contribution >= 0.6 is 0 Å². The normalized spacial score (nSPS) is 20.5. The molecule has 0 radical (unpaired) electrons. The first kappa shape index (κ1) is 24.9. The Hall–Kier alpha value is -4.37. The van der Waals surface area contributed by atoms with Crippen LogP contribution in [0.15, 0.2) is 73.1 Å². The standard InChI is InChI=1S/C30H29N5O4/c36-26-11-10-25(28(37)32-26)35-19-23-17-21(8-9-24(23)30(35)39)29(38)34-15-13-33(14-16-34)27(20-5-2-1-3-6-20)22-7-4-12-31-18-22/h1-9,12,17-18,25,27H,10-11,13-16,19H2,(H,32,36,37). The lowest BCUT2D eigenvalue weighted by atomic mass is 9.97. The summed E-state index contributed by atoms with van der Waals surface area (Å²) in [5, 5.41) is 2.32. The highest BCUT2D eigenvalue weighted by atomic mass is 16.2. The average Bonchev–Trinajstić information content (AvgIpc) is 3.29. The fraction of sp³-hybridized carbons (Fsp3) is 0.300. The average molecular weight is 524 g/mol. The van der Waals surface area contributed by atoms with Gasteiger partial charge in [0.1, 0.15) is 6.04 Å². The second-order valence-electron chi connectivity index (χ2n) is 10.2. The first-order valence-corrected chi connectivity index (χ1v) is 13.3. The number of amides is 4. The molecule has 39 heavy (non-hydrogen) atoms. The third-order valence-corrected chi connectivity index (χ3v) is 7.85. The van der Waals surface area contributed by atoms with Crippen molar-refractivity contribution in [3.8, 4) is 0 Å². The molecule has 2 atom stereocenters. The van der Waals surface area contributed by atoms with Crippen molar-refractivity contribution < 1.29 is 19.2 Å². The van der Waals surface area contributed by atoms with Crippen LogP contribution in [0.2, 0.25) is 0 Å². The van der Waals surface area contributed by atoms with Gasteiger partial charge in [0.15, 0.2) is 0 Å². The summed E-state index contributed by atoms with van der Waals surface area (Å²) >= 11 is 0. The molecule has 2 saturated heterocycles. The van der Waals surface area contributed by atoms with E-state index in [4.69, 9.17) is 0 Å². The SMILES string of the molecule is O=C1CCC(N2Cc3cc(C(=O)N4CCN(C(c5ccccc5)c5cccnc5)CC4)ccc3C2=O)C(=O)N1. The van der Waals surface area contributed by atoms with E-state index in [1.807, 2.05) is 35.4 Å². The number of piperidine rings is 1. The maximum absolute atomic E-state index is 13.5. The highest BCUT2D eigenvalue weighted by Crippen LogP contribution is 2.31. The molecule has 2 aromatic carbocycles. The predicted octanol–water partition coefficient (Wildman–Crippen LogP) is 2.39. The molecule has 0 aliphatic carbocycles. The molecule has 6 rings (SSSR count). The van der Waals surface area contributed by atoms with Crippen molar-refractivity contribution in [2.75, 3.05) is 26.2 Å². The molecule has 0 saturated carbocycles. The van der Waals surface area contributed by atoms with Gasteiger partial charge in [-0.3, -0.25) is 34.4 Å². The molecule has 2 unspecified atom stereocenters. The minimum Gasteiger partial charge on any atom is -0.336 e. The van der Waals surface area contributed by atoms with Crippen LogP contribution in [0.5, 0.6) is 0 Å². The highest BCUT2D eigenvalue weighted by molar-refractivity contribution is 6.06. The summed E-state index contributed by atoms with van der Waals surface area (Å²) < 4.78 is 0. The fourth-order valence-corrected chi connectivity index (χ4v) is 5.86. The number of hydrogen-bond donors (Lipinski definition) is 1. The lowest BCUT2D eigenvalue weighted by Crippen LogP contribution is -2.52. The molecule has 4 amide bonds. The number of piperazine rings is 1. The quantitative estimate of drug-likeness (QED) is 0.516. The van der Waals surface area contributed by atoms with Crippen molar-refractivity contribution in [3.63, 3.8) is 0 Å². The summed E-state index contributed by atoms with van der Waals surface area (Å²) in [7, 11) is 0. The summed E-state index contributed by atoms with van der Waals surface area (Å²) in [6.07, 6.45) is 4.19. The number of carbonyl (C=O) groups is 4. The molecule has 3 aromatic rings. The zero-order chi connectivity index (χ0) is 26.9. The number of nitrogens with one attached hydrogen (secondary N) is 1. The van der Waals surface area contributed by atoms with E-state index in [1.54, 1.807) is 24.4 Å². The molecule has 198 valence electrons. The Bertz CT molecular complexity index is 1380. The first-order valence-electron chi connectivity index (χ1n) is 13.3. The number of fused-ring (bicyclic) bond motifs is 1. The number of rotatable bonds is 5. The Labute approximate surface area is 226 Å². The van der Waals surface area contributed by atoms with Crippen LogP contribution in [-0.4, -0.2) is 75.5 Å². The van der Waals surface area contributed by atoms with Crippen molar-refractivity contribution in [2.24, 2.45) is 0 Å². The second-order valence-corrected chi connectivity index (χ2v) is 10.2. The highest BCUT2D eigenvalue weighted by Gasteiger charge is 2.39. The van der Waals surface area contributed by atoms with Crippen LogP contribution in [-0.2, 0) is 16.1 Å². The number of carbonyl (C=O) groups excluding carboxylic acids is 4. The van der Waals surface area contributed by atoms with Crippen molar-refractivity contribution in [1.82, 2.24) is 25.0 Å². The Morgan fingerprint density at radius 3 is 2.41 bits per heavy atom. The van der Waals surface area contributed by atoms with Gasteiger partial charge in [-0.05, 0) is 47.4 Å². The monoisotopic (exact) mass is 523 g/mol. The number of aromatic nitrogens is 1. The lowest BCUT2D eigenvalue weighted by Gasteiger charge is -2.39. The number of hydrogen-bond acceptors (Lipinski definition) is 6. The molecular weight excluding hydrogens is 494 g/mol. The van der Waals surface area contributed by atoms with E-state index in [-0.39, 0.29) is 36.7 Å². The minimum atomic E-state index is -0.674. The molecule has 0 bridgehead atoms. The third-order valence-electron chi connectivity index (χ3n) is 7.85. The van der Waals surface area contributed by atoms with E-state index in [0.29, 0.717) is 43.7 Å². The van der Waals surface area contributed by atoms with Gasteiger partial charge in [-0.15, -0.1) is 0 Å². The van der Waals surface area contributed by atoms with Gasteiger partial charge in [-0.1, -0.05) is 36.4 Å². The number of nitrogens with zero attached hydrogens (tertiary/aromatic N) is 4. The zero-order valence-corrected chi connectivity index (χ0v) is 21.5. The van der Waals surface area contributed by atoms with Crippen LogP contribution in [0.4, 0.5) is 0 Å². The van der Waals surface area contributed by atoms with Gasteiger partial charge >= 0.3 is 0 Å². The van der Waals surface area contributed by atoms with Crippen LogP contribution < -0.4 is 5.32 Å². The summed E-state index contributed by atoms with van der Waals surface area (Å²) in [6, 6.07) is 18.9. The fourth-order valence-electron chi connectivity index (χ4n) is 5.86. The van der Waals surface area contributed by atoms with E-state index in [2.05, 4.69) is 33.4 Å². The summed E-state index contributed by atoms with van der Waals surface area (Å²) in [5.41, 5.74) is 4.08. The topological polar surface area (TPSA) is 103 Å². The van der Waals surface area contributed by atoms with E-state index in [1.165, 1.54) is 10.5 Å². The van der Waals surface area contributed by atoms with Gasteiger partial charge in [0.2, 0.25) is 11.8 Å². The van der Waals surface area contributed by atoms with Crippen LogP contribution in [0.25, 0.3) is 0 Å². The molecule has 1 aromatic heterocycles. The van der Waals surface area contributed by atoms with Gasteiger partial charge in [0.25, 0.3) is 11.8 Å². The Balaban J connectivity index is 1.14. The smallest absolute Gasteiger partial charge is 0.255 e. The molecule has 3 aliphatic heterocycles. The molecule has 2 fully saturated rings. The molecule has 4 heterocycles. The molecule has 0 spiro atoms. The van der Waals surface area contributed by atoms with Gasteiger partial charge in [0.05, 0.1) is 6.04 Å². The molecule has 3 aliphatic rings. The van der Waals surface area contributed by atoms with Crippen LogP contribution in [0.1, 0.15) is 56.3 Å². The molecule has 9 heteroatoms. The van der Waals surface area contributed by atoms with E-state index >= 15 is 0 Å². The summed E-state index contributed by atoms with van der Waals surface area (Å²) in [5.74, 6) is -1.07. The van der Waals surface area contributed by atoms with Crippen LogP contribution in [0.3, 0.4) is 0 Å². The third kappa shape index (κ3) is 4.81. The molecular formula is C30H29N5O4. The number of benzene rings is 2. The van der Waals surface area contributed by atoms with Gasteiger partial charge in [-0.25, -0.2) is 0 Å². The van der Waals surface area contributed by atoms with Gasteiger partial charge in [0, 0.05) is 62.7 Å².